The van der Waals surface area contributed by atoms with Gasteiger partial charge in [-0.1, -0.05) is 30.3 Å². The van der Waals surface area contributed by atoms with E-state index in [4.69, 9.17) is 5.73 Å². The largest absolute Gasteiger partial charge is 0.386 e. The van der Waals surface area contributed by atoms with Gasteiger partial charge in [0.25, 0.3) is 5.91 Å². The maximum Gasteiger partial charge on any atom is 0.315 e. The molecule has 0 unspecified atom stereocenters. The number of hydrogen-bond donors (Lipinski definition) is 3. The van der Waals surface area contributed by atoms with Crippen LogP contribution in [-0.4, -0.2) is 40.7 Å². The summed E-state index contributed by atoms with van der Waals surface area (Å²) in [6.45, 7) is 2.66. The van der Waals surface area contributed by atoms with Crippen LogP contribution in [0.4, 0.5) is 13.2 Å². The van der Waals surface area contributed by atoms with Crippen molar-refractivity contribution in [3.63, 3.8) is 0 Å². The van der Waals surface area contributed by atoms with Gasteiger partial charge in [0.05, 0.1) is 6.04 Å². The van der Waals surface area contributed by atoms with Gasteiger partial charge in [-0.05, 0) is 31.0 Å². The Morgan fingerprint density at radius 2 is 1.79 bits per heavy atom. The molecular weight excluding hydrogens is 371 g/mol. The molecule has 1 heterocycles. The Balaban J connectivity index is 2.10. The Morgan fingerprint density at radius 3 is 2.25 bits per heavy atom. The molecule has 0 aliphatic heterocycles. The molecule has 4 N–H and O–H groups in total. The van der Waals surface area contributed by atoms with Crippen LogP contribution in [0.25, 0.3) is 11.1 Å². The minimum absolute atomic E-state index is 0.301. The molecule has 0 saturated heterocycles. The van der Waals surface area contributed by atoms with Gasteiger partial charge in [0.2, 0.25) is 0 Å². The molecule has 2 atom stereocenters. The lowest BCUT2D eigenvalue weighted by Gasteiger charge is -2.22. The monoisotopic (exact) mass is 395 g/mol. The number of aliphatic hydroxyl groups excluding tert-OH is 1. The number of benzene rings is 1. The highest BCUT2D eigenvalue weighted by atomic mass is 19.3. The normalized spacial score (nSPS) is 14.0. The first kappa shape index (κ1) is 21.8. The fourth-order valence-corrected chi connectivity index (χ4v) is 2.72. The number of nitrogens with zero attached hydrogens (tertiary/aromatic N) is 1. The van der Waals surface area contributed by atoms with Gasteiger partial charge in [-0.25, -0.2) is 4.39 Å². The molecule has 2 rings (SSSR count). The number of alkyl halides is 3. The van der Waals surface area contributed by atoms with Gasteiger partial charge in [0.1, 0.15) is 12.8 Å². The third-order valence-corrected chi connectivity index (χ3v) is 4.12. The summed E-state index contributed by atoms with van der Waals surface area (Å²) < 4.78 is 37.7. The molecule has 0 aliphatic rings. The van der Waals surface area contributed by atoms with Crippen molar-refractivity contribution < 1.29 is 23.1 Å². The number of halogens is 3. The van der Waals surface area contributed by atoms with Gasteiger partial charge in [-0.3, -0.25) is 9.78 Å². The fraction of sp³-hybridized carbons (Fsp3) is 0.400. The van der Waals surface area contributed by atoms with Crippen LogP contribution >= 0.6 is 0 Å². The van der Waals surface area contributed by atoms with Crippen molar-refractivity contribution in [2.24, 2.45) is 5.73 Å². The van der Waals surface area contributed by atoms with Crippen molar-refractivity contribution in [3.05, 3.63) is 53.9 Å². The number of rotatable bonds is 8. The molecule has 0 saturated carbocycles. The first-order chi connectivity index (χ1) is 13.1. The number of nitrogens with two attached hydrogens (primary N) is 1. The lowest BCUT2D eigenvalue weighted by atomic mass is 9.97. The molecule has 1 aromatic heterocycles. The number of carbonyl (C=O) groups is 1. The molecule has 5 nitrogen and oxygen atoms in total. The van der Waals surface area contributed by atoms with Crippen LogP contribution in [0.15, 0.2) is 42.6 Å². The maximum absolute atomic E-state index is 13.1. The van der Waals surface area contributed by atoms with Crippen molar-refractivity contribution in [1.82, 2.24) is 10.3 Å². The summed E-state index contributed by atoms with van der Waals surface area (Å²) >= 11 is 0. The topological polar surface area (TPSA) is 88.2 Å². The minimum Gasteiger partial charge on any atom is -0.386 e. The van der Waals surface area contributed by atoms with Gasteiger partial charge in [-0.15, -0.1) is 0 Å². The van der Waals surface area contributed by atoms with Crippen molar-refractivity contribution in [2.45, 2.75) is 44.4 Å². The number of aliphatic hydroxyl groups is 1. The standard InChI is InChI=1S/C20H24F3N3O2/c1-20(2,24)9-15-8-7-14(11-25-15)12-3-5-13(6-4-12)17(27)16(10-21)26-19(28)18(22)23/h3-8,11,16-18,27H,9-10,24H2,1-2H3,(H,26,28)/t16-,17-/m1/s1. The molecule has 0 radical (unpaired) electrons. The number of carbonyl (C=O) groups excluding carboxylic acids is 1. The van der Waals surface area contributed by atoms with Gasteiger partial charge in [0.15, 0.2) is 0 Å². The Kier molecular flexibility index (Phi) is 7.15. The highest BCUT2D eigenvalue weighted by molar-refractivity contribution is 5.79. The zero-order chi connectivity index (χ0) is 20.9. The second-order valence-electron chi connectivity index (χ2n) is 7.34. The van der Waals surface area contributed by atoms with Crippen LogP contribution in [0, 0.1) is 0 Å². The summed E-state index contributed by atoms with van der Waals surface area (Å²) in [5, 5.41) is 12.0. The predicted molar refractivity (Wildman–Crippen MR) is 101 cm³/mol. The average molecular weight is 395 g/mol. The van der Waals surface area contributed by atoms with Gasteiger partial charge < -0.3 is 16.2 Å². The molecule has 152 valence electrons. The second-order valence-corrected chi connectivity index (χ2v) is 7.34. The predicted octanol–water partition coefficient (Wildman–Crippen LogP) is 2.78. The minimum atomic E-state index is -3.27. The van der Waals surface area contributed by atoms with Crippen LogP contribution in [0.5, 0.6) is 0 Å². The number of nitrogens with one attached hydrogen (secondary N) is 1. The SMILES string of the molecule is CC(C)(N)Cc1ccc(-c2ccc([C@@H](O)[C@@H](CF)NC(=O)C(F)F)cc2)cn1. The molecular formula is C20H24F3N3O2. The van der Waals surface area contributed by atoms with Crippen LogP contribution in [0.2, 0.25) is 0 Å². The third kappa shape index (κ3) is 6.03. The van der Waals surface area contributed by atoms with Crippen LogP contribution in [0.3, 0.4) is 0 Å². The van der Waals surface area contributed by atoms with Crippen LogP contribution in [0.1, 0.15) is 31.2 Å². The lowest BCUT2D eigenvalue weighted by molar-refractivity contribution is -0.133. The van der Waals surface area contributed by atoms with E-state index in [0.29, 0.717) is 12.0 Å². The van der Waals surface area contributed by atoms with E-state index < -0.39 is 31.2 Å². The number of hydrogen-bond acceptors (Lipinski definition) is 4. The summed E-state index contributed by atoms with van der Waals surface area (Å²) in [6.07, 6.45) is -2.38. The highest BCUT2D eigenvalue weighted by Gasteiger charge is 2.26. The molecule has 2 aromatic rings. The molecule has 0 spiro atoms. The number of pyridine rings is 1. The van der Waals surface area contributed by atoms with E-state index in [1.54, 1.807) is 35.8 Å². The van der Waals surface area contributed by atoms with Gasteiger partial charge in [0, 0.05) is 29.4 Å². The Hall–Kier alpha value is -2.45. The summed E-state index contributed by atoms with van der Waals surface area (Å²) in [5.74, 6) is -1.62. The fourth-order valence-electron chi connectivity index (χ4n) is 2.72. The van der Waals surface area contributed by atoms with E-state index >= 15 is 0 Å². The zero-order valence-corrected chi connectivity index (χ0v) is 15.7. The molecule has 8 heteroatoms. The molecule has 28 heavy (non-hydrogen) atoms. The zero-order valence-electron chi connectivity index (χ0n) is 15.7. The van der Waals surface area contributed by atoms with Gasteiger partial charge >= 0.3 is 6.43 Å². The maximum atomic E-state index is 13.1. The summed E-state index contributed by atoms with van der Waals surface area (Å²) in [6, 6.07) is 8.83. The number of amides is 1. The first-order valence-electron chi connectivity index (χ1n) is 8.77. The van der Waals surface area contributed by atoms with Crippen molar-refractivity contribution in [1.29, 1.82) is 0 Å². The number of aromatic nitrogens is 1. The summed E-state index contributed by atoms with van der Waals surface area (Å²) in [4.78, 5) is 15.4. The Morgan fingerprint density at radius 1 is 1.18 bits per heavy atom. The lowest BCUT2D eigenvalue weighted by Crippen LogP contribution is -2.43. The summed E-state index contributed by atoms with van der Waals surface area (Å²) in [7, 11) is 0. The van der Waals surface area contributed by atoms with Crippen LogP contribution < -0.4 is 11.1 Å². The molecule has 1 aromatic carbocycles. The smallest absolute Gasteiger partial charge is 0.315 e. The van der Waals surface area contributed by atoms with E-state index in [-0.39, 0.29) is 5.54 Å². The van der Waals surface area contributed by atoms with Crippen molar-refractivity contribution in [3.8, 4) is 11.1 Å². The average Bonchev–Trinajstić information content (AvgIpc) is 2.64. The quantitative estimate of drug-likeness (QED) is 0.641. The van der Waals surface area contributed by atoms with E-state index in [1.807, 2.05) is 26.0 Å². The Labute approximate surface area is 161 Å². The van der Waals surface area contributed by atoms with Crippen LogP contribution in [-0.2, 0) is 11.2 Å². The van der Waals surface area contributed by atoms with Crippen molar-refractivity contribution in [2.75, 3.05) is 6.67 Å². The van der Waals surface area contributed by atoms with E-state index in [1.165, 1.54) is 0 Å². The van der Waals surface area contributed by atoms with Gasteiger partial charge in [-0.2, -0.15) is 8.78 Å². The molecule has 0 fully saturated rings. The third-order valence-electron chi connectivity index (χ3n) is 4.12. The van der Waals surface area contributed by atoms with E-state index in [0.717, 1.165) is 16.8 Å². The molecule has 0 bridgehead atoms. The van der Waals surface area contributed by atoms with E-state index in [2.05, 4.69) is 4.98 Å². The second kappa shape index (κ2) is 9.16. The Bertz CT molecular complexity index is 775. The highest BCUT2D eigenvalue weighted by Crippen LogP contribution is 2.24. The molecule has 0 aliphatic carbocycles. The molecule has 1 amide bonds. The van der Waals surface area contributed by atoms with E-state index in [9.17, 15) is 23.1 Å². The first-order valence-corrected chi connectivity index (χ1v) is 8.77. The summed E-state index contributed by atoms with van der Waals surface area (Å²) in [5.41, 5.74) is 8.45. The van der Waals surface area contributed by atoms with Crippen molar-refractivity contribution >= 4 is 5.91 Å².